The normalized spacial score (nSPS) is 17.0. The molecule has 2 amide bonds. The van der Waals surface area contributed by atoms with Gasteiger partial charge in [-0.25, -0.2) is 9.59 Å². The van der Waals surface area contributed by atoms with Crippen molar-refractivity contribution in [3.05, 3.63) is 60.2 Å². The Morgan fingerprint density at radius 3 is 2.31 bits per heavy atom. The maximum atomic E-state index is 11.6. The predicted octanol–water partition coefficient (Wildman–Crippen LogP) is 3.19. The lowest BCUT2D eigenvalue weighted by Gasteiger charge is -2.41. The number of piperazine rings is 1. The van der Waals surface area contributed by atoms with E-state index in [1.165, 1.54) is 4.90 Å². The van der Waals surface area contributed by atoms with E-state index in [9.17, 15) is 14.7 Å². The fourth-order valence-corrected chi connectivity index (χ4v) is 3.28. The zero-order valence-electron chi connectivity index (χ0n) is 14.2. The highest BCUT2D eigenvalue weighted by Crippen LogP contribution is 2.23. The number of carbonyl (C=O) groups is 2. The minimum Gasteiger partial charge on any atom is -0.465 e. The van der Waals surface area contributed by atoms with Crippen LogP contribution in [0.2, 0.25) is 0 Å². The van der Waals surface area contributed by atoms with E-state index in [2.05, 4.69) is 10.2 Å². The standard InChI is InChI=1S/C19H21N3O4/c23-18(24)20-15-6-8-16(9-7-15)21-10-11-22(19(25)26)17(13-21)12-14-4-2-1-3-5-14/h1-9,17,20H,10-13H2,(H,23,24)(H,25,26). The van der Waals surface area contributed by atoms with Gasteiger partial charge in [0.25, 0.3) is 0 Å². The minimum atomic E-state index is -1.10. The third kappa shape index (κ3) is 4.24. The number of anilines is 2. The topological polar surface area (TPSA) is 93.1 Å². The van der Waals surface area contributed by atoms with E-state index < -0.39 is 12.2 Å². The van der Waals surface area contributed by atoms with E-state index in [4.69, 9.17) is 5.11 Å². The Balaban J connectivity index is 1.73. The van der Waals surface area contributed by atoms with E-state index in [1.807, 2.05) is 42.5 Å². The summed E-state index contributed by atoms with van der Waals surface area (Å²) in [5.41, 5.74) is 2.56. The largest absolute Gasteiger partial charge is 0.465 e. The molecule has 1 heterocycles. The molecule has 1 aliphatic heterocycles. The Morgan fingerprint density at radius 2 is 1.69 bits per heavy atom. The fraction of sp³-hybridized carbons (Fsp3) is 0.263. The maximum Gasteiger partial charge on any atom is 0.409 e. The number of carboxylic acid groups (broad SMARTS) is 2. The summed E-state index contributed by atoms with van der Waals surface area (Å²) in [7, 11) is 0. The third-order valence-corrected chi connectivity index (χ3v) is 4.53. The molecule has 3 N–H and O–H groups in total. The molecular weight excluding hydrogens is 334 g/mol. The molecule has 7 nitrogen and oxygen atoms in total. The quantitative estimate of drug-likeness (QED) is 0.783. The number of hydrogen-bond acceptors (Lipinski definition) is 3. The van der Waals surface area contributed by atoms with Gasteiger partial charge in [0.15, 0.2) is 0 Å². The van der Waals surface area contributed by atoms with Gasteiger partial charge in [-0.15, -0.1) is 0 Å². The van der Waals surface area contributed by atoms with Crippen LogP contribution in [0, 0.1) is 0 Å². The molecule has 0 spiro atoms. The molecule has 136 valence electrons. The predicted molar refractivity (Wildman–Crippen MR) is 99.0 cm³/mol. The van der Waals surface area contributed by atoms with Crippen LogP contribution in [-0.4, -0.2) is 53.0 Å². The van der Waals surface area contributed by atoms with Crippen LogP contribution in [-0.2, 0) is 6.42 Å². The number of nitrogens with zero attached hydrogens (tertiary/aromatic N) is 2. The monoisotopic (exact) mass is 355 g/mol. The molecule has 1 unspecified atom stereocenters. The van der Waals surface area contributed by atoms with Crippen molar-refractivity contribution in [3.63, 3.8) is 0 Å². The van der Waals surface area contributed by atoms with Crippen molar-refractivity contribution in [1.29, 1.82) is 0 Å². The summed E-state index contributed by atoms with van der Waals surface area (Å²) >= 11 is 0. The number of benzene rings is 2. The lowest BCUT2D eigenvalue weighted by Crippen LogP contribution is -2.55. The van der Waals surface area contributed by atoms with Gasteiger partial charge in [0.1, 0.15) is 0 Å². The van der Waals surface area contributed by atoms with Crippen LogP contribution in [0.4, 0.5) is 21.0 Å². The molecule has 0 aliphatic carbocycles. The van der Waals surface area contributed by atoms with Crippen molar-refractivity contribution in [2.75, 3.05) is 29.9 Å². The second kappa shape index (κ2) is 7.77. The van der Waals surface area contributed by atoms with Gasteiger partial charge in [0.05, 0.1) is 6.04 Å². The minimum absolute atomic E-state index is 0.138. The third-order valence-electron chi connectivity index (χ3n) is 4.53. The lowest BCUT2D eigenvalue weighted by molar-refractivity contribution is 0.118. The Hall–Kier alpha value is -3.22. The zero-order valence-corrected chi connectivity index (χ0v) is 14.2. The molecular formula is C19H21N3O4. The summed E-state index contributed by atoms with van der Waals surface area (Å²) in [5.74, 6) is 0. The molecule has 1 aliphatic rings. The highest BCUT2D eigenvalue weighted by molar-refractivity contribution is 5.83. The zero-order chi connectivity index (χ0) is 18.5. The lowest BCUT2D eigenvalue weighted by atomic mass is 10.0. The van der Waals surface area contributed by atoms with Gasteiger partial charge in [-0.3, -0.25) is 5.32 Å². The van der Waals surface area contributed by atoms with E-state index >= 15 is 0 Å². The average molecular weight is 355 g/mol. The van der Waals surface area contributed by atoms with Crippen molar-refractivity contribution < 1.29 is 19.8 Å². The van der Waals surface area contributed by atoms with Gasteiger partial charge in [-0.05, 0) is 36.2 Å². The van der Waals surface area contributed by atoms with Crippen LogP contribution in [0.5, 0.6) is 0 Å². The Kier molecular flexibility index (Phi) is 5.26. The van der Waals surface area contributed by atoms with Crippen molar-refractivity contribution in [2.24, 2.45) is 0 Å². The van der Waals surface area contributed by atoms with Gasteiger partial charge < -0.3 is 20.0 Å². The van der Waals surface area contributed by atoms with E-state index in [0.29, 0.717) is 31.7 Å². The molecule has 1 fully saturated rings. The Labute approximate surface area is 151 Å². The van der Waals surface area contributed by atoms with Crippen LogP contribution >= 0.6 is 0 Å². The highest BCUT2D eigenvalue weighted by Gasteiger charge is 2.30. The smallest absolute Gasteiger partial charge is 0.409 e. The first kappa shape index (κ1) is 17.6. The second-order valence-corrected chi connectivity index (χ2v) is 6.24. The average Bonchev–Trinajstić information content (AvgIpc) is 2.62. The molecule has 1 saturated heterocycles. The summed E-state index contributed by atoms with van der Waals surface area (Å²) in [6.45, 7) is 1.62. The molecule has 2 aromatic carbocycles. The first-order chi connectivity index (χ1) is 12.5. The molecule has 0 bridgehead atoms. The molecule has 0 aromatic heterocycles. The van der Waals surface area contributed by atoms with Crippen molar-refractivity contribution in [1.82, 2.24) is 4.90 Å². The maximum absolute atomic E-state index is 11.6. The van der Waals surface area contributed by atoms with Gasteiger partial charge in [0, 0.05) is 31.0 Å². The first-order valence-corrected chi connectivity index (χ1v) is 8.41. The molecule has 1 atom stereocenters. The summed E-state index contributed by atoms with van der Waals surface area (Å²) in [5, 5.41) is 20.6. The van der Waals surface area contributed by atoms with E-state index in [1.54, 1.807) is 12.1 Å². The van der Waals surface area contributed by atoms with Crippen molar-refractivity contribution in [3.8, 4) is 0 Å². The van der Waals surface area contributed by atoms with Crippen LogP contribution in [0.3, 0.4) is 0 Å². The van der Waals surface area contributed by atoms with Crippen molar-refractivity contribution >= 4 is 23.6 Å². The first-order valence-electron chi connectivity index (χ1n) is 8.41. The summed E-state index contributed by atoms with van der Waals surface area (Å²) < 4.78 is 0. The van der Waals surface area contributed by atoms with Crippen LogP contribution < -0.4 is 10.2 Å². The Morgan fingerprint density at radius 1 is 1.00 bits per heavy atom. The van der Waals surface area contributed by atoms with Crippen LogP contribution in [0.1, 0.15) is 5.56 Å². The van der Waals surface area contributed by atoms with Crippen molar-refractivity contribution in [2.45, 2.75) is 12.5 Å². The van der Waals surface area contributed by atoms with Gasteiger partial charge in [-0.2, -0.15) is 0 Å². The second-order valence-electron chi connectivity index (χ2n) is 6.24. The highest BCUT2D eigenvalue weighted by atomic mass is 16.4. The molecule has 3 rings (SSSR count). The van der Waals surface area contributed by atoms with Gasteiger partial charge >= 0.3 is 12.2 Å². The SMILES string of the molecule is O=C(O)Nc1ccc(N2CCN(C(=O)O)C(Cc3ccccc3)C2)cc1. The van der Waals surface area contributed by atoms with Crippen LogP contribution in [0.25, 0.3) is 0 Å². The van der Waals surface area contributed by atoms with E-state index in [-0.39, 0.29) is 6.04 Å². The van der Waals surface area contributed by atoms with Gasteiger partial charge in [-0.1, -0.05) is 30.3 Å². The fourth-order valence-electron chi connectivity index (χ4n) is 3.28. The number of nitrogens with one attached hydrogen (secondary N) is 1. The van der Waals surface area contributed by atoms with Gasteiger partial charge in [0.2, 0.25) is 0 Å². The number of rotatable bonds is 4. The molecule has 7 heteroatoms. The summed E-state index contributed by atoms with van der Waals surface area (Å²) in [6.07, 6.45) is -1.34. The summed E-state index contributed by atoms with van der Waals surface area (Å²) in [4.78, 5) is 25.9. The number of amides is 2. The van der Waals surface area contributed by atoms with Crippen LogP contribution in [0.15, 0.2) is 54.6 Å². The molecule has 0 radical (unpaired) electrons. The molecule has 0 saturated carbocycles. The summed E-state index contributed by atoms with van der Waals surface area (Å²) in [6, 6.07) is 16.8. The Bertz CT molecular complexity index is 764. The number of hydrogen-bond donors (Lipinski definition) is 3. The molecule has 26 heavy (non-hydrogen) atoms. The van der Waals surface area contributed by atoms with E-state index in [0.717, 1.165) is 11.3 Å². The molecule has 2 aromatic rings.